The second-order valence-corrected chi connectivity index (χ2v) is 14.9. The van der Waals surface area contributed by atoms with Gasteiger partial charge in [0.05, 0.1) is 26.2 Å². The van der Waals surface area contributed by atoms with Gasteiger partial charge < -0.3 is 26.6 Å². The molecule has 298 valence electrons. The molecule has 3 aliphatic carbocycles. The van der Waals surface area contributed by atoms with Gasteiger partial charge in [0.15, 0.2) is 5.78 Å². The fourth-order valence-corrected chi connectivity index (χ4v) is 5.73. The molecule has 0 unspecified atom stereocenters. The number of hydrogen-bond donors (Lipinski definition) is 5. The van der Waals surface area contributed by atoms with E-state index in [0.29, 0.717) is 65.2 Å². The van der Waals surface area contributed by atoms with Crippen molar-refractivity contribution in [2.75, 3.05) is 92.6 Å². The number of likely N-dealkylation sites (N-methyl/N-ethyl adjacent to an activating group) is 2. The van der Waals surface area contributed by atoms with Crippen molar-refractivity contribution in [1.29, 1.82) is 0 Å². The van der Waals surface area contributed by atoms with Gasteiger partial charge in [0.2, 0.25) is 29.5 Å². The number of ketones is 3. The molecule has 0 aliphatic heterocycles. The fourth-order valence-electron chi connectivity index (χ4n) is 5.73. The molecule has 5 amide bonds. The first-order chi connectivity index (χ1) is 25.4. The van der Waals surface area contributed by atoms with Gasteiger partial charge >= 0.3 is 0 Å². The summed E-state index contributed by atoms with van der Waals surface area (Å²) < 4.78 is 0. The van der Waals surface area contributed by atoms with Gasteiger partial charge in [0, 0.05) is 95.8 Å². The zero-order valence-electron chi connectivity index (χ0n) is 31.8. The molecule has 3 aliphatic rings. The van der Waals surface area contributed by atoms with E-state index in [0.717, 1.165) is 38.5 Å². The second-order valence-electron chi connectivity index (χ2n) is 14.9. The van der Waals surface area contributed by atoms with Gasteiger partial charge in [-0.15, -0.1) is 0 Å². The Labute approximate surface area is 313 Å². The lowest BCUT2D eigenvalue weighted by Gasteiger charge is -2.22. The number of carbonyl (C=O) groups excluding carboxylic acids is 8. The van der Waals surface area contributed by atoms with Gasteiger partial charge in [-0.1, -0.05) is 0 Å². The van der Waals surface area contributed by atoms with Gasteiger partial charge in [-0.25, -0.2) is 0 Å². The Balaban J connectivity index is 1.26. The second kappa shape index (κ2) is 23.8. The fraction of sp³-hybridized carbons (Fsp3) is 0.784. The van der Waals surface area contributed by atoms with Crippen molar-refractivity contribution < 1.29 is 38.4 Å². The van der Waals surface area contributed by atoms with Crippen molar-refractivity contribution >= 4 is 46.9 Å². The lowest BCUT2D eigenvalue weighted by Crippen LogP contribution is -2.43. The smallest absolute Gasteiger partial charge is 0.234 e. The SMILES string of the molecule is CN(CCNC(=O)CCC(=O)C1CC1)CC(=O)NCCCN(CCCNC(=O)CN(C)CCNC(=O)CCC(=O)C1CC1)CC(=O)NCC(=O)C1CC1. The molecule has 3 saturated carbocycles. The molecular weight excluding hydrogens is 684 g/mol. The summed E-state index contributed by atoms with van der Waals surface area (Å²) in [5, 5.41) is 14.1. The highest BCUT2D eigenvalue weighted by atomic mass is 16.2. The third-order valence-corrected chi connectivity index (χ3v) is 9.53. The molecule has 53 heavy (non-hydrogen) atoms. The van der Waals surface area contributed by atoms with Crippen molar-refractivity contribution in [1.82, 2.24) is 41.3 Å². The topological polar surface area (TPSA) is 206 Å². The average molecular weight is 747 g/mol. The van der Waals surface area contributed by atoms with Gasteiger partial charge in [0.1, 0.15) is 11.6 Å². The lowest BCUT2D eigenvalue weighted by molar-refractivity contribution is -0.126. The summed E-state index contributed by atoms with van der Waals surface area (Å²) in [6.07, 6.45) is 7.62. The molecule has 0 saturated heterocycles. The normalized spacial score (nSPS) is 15.3. The molecule has 0 bridgehead atoms. The van der Waals surface area contributed by atoms with Crippen molar-refractivity contribution in [3.05, 3.63) is 0 Å². The monoisotopic (exact) mass is 746 g/mol. The third kappa shape index (κ3) is 20.9. The van der Waals surface area contributed by atoms with Crippen molar-refractivity contribution in [3.8, 4) is 0 Å². The van der Waals surface area contributed by atoms with Gasteiger partial charge in [-0.2, -0.15) is 0 Å². The van der Waals surface area contributed by atoms with E-state index in [4.69, 9.17) is 0 Å². The molecule has 0 aromatic heterocycles. The Kier molecular flexibility index (Phi) is 19.6. The molecule has 3 fully saturated rings. The summed E-state index contributed by atoms with van der Waals surface area (Å²) in [4.78, 5) is 103. The molecule has 0 atom stereocenters. The average Bonchev–Trinajstić information content (AvgIpc) is 3.95. The van der Waals surface area contributed by atoms with Crippen molar-refractivity contribution in [2.45, 2.75) is 77.0 Å². The highest BCUT2D eigenvalue weighted by Crippen LogP contribution is 2.32. The molecule has 0 aromatic carbocycles. The summed E-state index contributed by atoms with van der Waals surface area (Å²) in [6.45, 7) is 4.00. The Morgan fingerprint density at radius 2 is 0.811 bits per heavy atom. The first-order valence-corrected chi connectivity index (χ1v) is 19.4. The number of hydrogen-bond acceptors (Lipinski definition) is 11. The van der Waals surface area contributed by atoms with Crippen LogP contribution in [0.25, 0.3) is 0 Å². The molecule has 0 spiro atoms. The molecule has 0 heterocycles. The maximum atomic E-state index is 12.6. The van der Waals surface area contributed by atoms with Crippen LogP contribution in [0.15, 0.2) is 0 Å². The van der Waals surface area contributed by atoms with Gasteiger partial charge in [0.25, 0.3) is 0 Å². The number of nitrogens with zero attached hydrogens (tertiary/aromatic N) is 3. The van der Waals surface area contributed by atoms with E-state index < -0.39 is 0 Å². The number of nitrogens with one attached hydrogen (secondary N) is 5. The molecule has 0 aromatic rings. The van der Waals surface area contributed by atoms with Gasteiger partial charge in [-0.05, 0) is 65.5 Å². The zero-order chi connectivity index (χ0) is 38.6. The number of carbonyl (C=O) groups is 8. The maximum Gasteiger partial charge on any atom is 0.234 e. The minimum Gasteiger partial charge on any atom is -0.355 e. The lowest BCUT2D eigenvalue weighted by atomic mass is 10.1. The summed E-state index contributed by atoms with van der Waals surface area (Å²) in [5.74, 6) is -0.140. The van der Waals surface area contributed by atoms with Crippen LogP contribution in [0.3, 0.4) is 0 Å². The predicted octanol–water partition coefficient (Wildman–Crippen LogP) is -0.989. The van der Waals surface area contributed by atoms with Crippen LogP contribution in [-0.2, 0) is 38.4 Å². The third-order valence-electron chi connectivity index (χ3n) is 9.53. The van der Waals surface area contributed by atoms with Crippen LogP contribution in [0.1, 0.15) is 77.0 Å². The number of amides is 5. The van der Waals surface area contributed by atoms with E-state index >= 15 is 0 Å². The highest BCUT2D eigenvalue weighted by Gasteiger charge is 2.30. The summed E-state index contributed by atoms with van der Waals surface area (Å²) in [7, 11) is 3.58. The predicted molar refractivity (Wildman–Crippen MR) is 197 cm³/mol. The van der Waals surface area contributed by atoms with Crippen LogP contribution in [0, 0.1) is 17.8 Å². The van der Waals surface area contributed by atoms with Crippen LogP contribution < -0.4 is 26.6 Å². The number of rotatable bonds is 31. The van der Waals surface area contributed by atoms with E-state index in [1.54, 1.807) is 23.9 Å². The Hall–Kier alpha value is -3.76. The van der Waals surface area contributed by atoms with E-state index in [1.165, 1.54) is 0 Å². The molecule has 0 radical (unpaired) electrons. The first-order valence-electron chi connectivity index (χ1n) is 19.4. The van der Waals surface area contributed by atoms with Crippen LogP contribution in [0.2, 0.25) is 0 Å². The molecule has 5 N–H and O–H groups in total. The standard InChI is InChI=1S/C37H62N8O8/c1-43(21-17-40-33(49)13-11-30(46)27-5-6-27)24-35(51)38-15-3-19-45(26-37(53)42-23-32(48)29-9-10-29)20-4-16-39-36(52)25-44(2)22-18-41-34(50)14-12-31(47)28-7-8-28/h27-29H,3-26H2,1-2H3,(H,38,51)(H,39,52)(H,40,49)(H,41,50)(H,42,53). The Bertz CT molecular complexity index is 1190. The largest absolute Gasteiger partial charge is 0.355 e. The minimum absolute atomic E-state index is 0.0258. The quantitative estimate of drug-likeness (QED) is 0.0545. The van der Waals surface area contributed by atoms with Crippen LogP contribution in [-0.4, -0.2) is 154 Å². The highest BCUT2D eigenvalue weighted by molar-refractivity contribution is 5.90. The minimum atomic E-state index is -0.251. The zero-order valence-corrected chi connectivity index (χ0v) is 31.8. The van der Waals surface area contributed by atoms with Gasteiger partial charge in [-0.3, -0.25) is 53.1 Å². The van der Waals surface area contributed by atoms with Crippen LogP contribution in [0.4, 0.5) is 0 Å². The van der Waals surface area contributed by atoms with E-state index in [1.807, 2.05) is 4.90 Å². The first kappa shape index (κ1) is 43.6. The van der Waals surface area contributed by atoms with Crippen molar-refractivity contribution in [3.63, 3.8) is 0 Å². The summed E-state index contributed by atoms with van der Waals surface area (Å²) in [6, 6.07) is 0. The summed E-state index contributed by atoms with van der Waals surface area (Å²) >= 11 is 0. The number of Topliss-reactive ketones (excluding diaryl/α,β-unsaturated/α-hetero) is 3. The van der Waals surface area contributed by atoms with Crippen LogP contribution in [0.5, 0.6) is 0 Å². The molecule has 16 heteroatoms. The Morgan fingerprint density at radius 3 is 1.23 bits per heavy atom. The molecule has 3 rings (SSSR count). The Morgan fingerprint density at radius 1 is 0.434 bits per heavy atom. The summed E-state index contributed by atoms with van der Waals surface area (Å²) in [5.41, 5.74) is 0. The van der Waals surface area contributed by atoms with Crippen LogP contribution >= 0.6 is 0 Å². The molecule has 16 nitrogen and oxygen atoms in total. The van der Waals surface area contributed by atoms with E-state index in [2.05, 4.69) is 26.6 Å². The maximum absolute atomic E-state index is 12.6. The van der Waals surface area contributed by atoms with E-state index in [9.17, 15) is 38.4 Å². The molecular formula is C37H62N8O8. The van der Waals surface area contributed by atoms with Crippen molar-refractivity contribution in [2.24, 2.45) is 17.8 Å². The van der Waals surface area contributed by atoms with E-state index in [-0.39, 0.29) is 117 Å².